The predicted octanol–water partition coefficient (Wildman–Crippen LogP) is 2.53. The summed E-state index contributed by atoms with van der Waals surface area (Å²) in [4.78, 5) is 11.4. The van der Waals surface area contributed by atoms with Gasteiger partial charge in [-0.05, 0) is 11.4 Å². The van der Waals surface area contributed by atoms with Gasteiger partial charge in [-0.15, -0.1) is 21.5 Å². The maximum Gasteiger partial charge on any atom is 0.331 e. The number of aromatic nitrogens is 2. The van der Waals surface area contributed by atoms with E-state index in [-0.39, 0.29) is 11.3 Å². The molecule has 0 saturated heterocycles. The third-order valence-corrected chi connectivity index (χ3v) is 3.57. The summed E-state index contributed by atoms with van der Waals surface area (Å²) in [6.45, 7) is 3.42. The van der Waals surface area contributed by atoms with Crippen molar-refractivity contribution in [1.82, 2.24) is 10.2 Å². The van der Waals surface area contributed by atoms with E-state index >= 15 is 0 Å². The molecule has 0 amide bonds. The summed E-state index contributed by atoms with van der Waals surface area (Å²) in [5.74, 6) is -0.347. The van der Waals surface area contributed by atoms with Crippen LogP contribution in [-0.2, 0) is 4.79 Å². The zero-order valence-corrected chi connectivity index (χ0v) is 10.3. The van der Waals surface area contributed by atoms with E-state index in [9.17, 15) is 4.79 Å². The lowest BCUT2D eigenvalue weighted by molar-refractivity contribution is -0.132. The van der Waals surface area contributed by atoms with Crippen LogP contribution < -0.4 is 0 Å². The van der Waals surface area contributed by atoms with Gasteiger partial charge in [-0.3, -0.25) is 0 Å². The van der Waals surface area contributed by atoms with Crippen LogP contribution in [0.3, 0.4) is 0 Å². The first kappa shape index (κ1) is 11.9. The van der Waals surface area contributed by atoms with Gasteiger partial charge < -0.3 is 9.52 Å². The molecule has 0 spiro atoms. The highest BCUT2D eigenvalue weighted by atomic mass is 32.2. The van der Waals surface area contributed by atoms with Crippen molar-refractivity contribution in [3.8, 4) is 10.8 Å². The Balaban J connectivity index is 2.00. The van der Waals surface area contributed by atoms with Crippen LogP contribution in [0.15, 0.2) is 39.3 Å². The Morgan fingerprint density at radius 2 is 2.41 bits per heavy atom. The first-order valence-electron chi connectivity index (χ1n) is 4.58. The van der Waals surface area contributed by atoms with E-state index in [0.717, 1.165) is 16.6 Å². The molecule has 0 saturated carbocycles. The SMILES string of the molecule is C=C(CSc1nnc(-c2cccs2)o1)C(=O)O. The summed E-state index contributed by atoms with van der Waals surface area (Å²) in [7, 11) is 0. The number of thioether (sulfide) groups is 1. The van der Waals surface area contributed by atoms with Gasteiger partial charge in [-0.2, -0.15) is 0 Å². The van der Waals surface area contributed by atoms with Gasteiger partial charge >= 0.3 is 5.97 Å². The Morgan fingerprint density at radius 3 is 3.06 bits per heavy atom. The van der Waals surface area contributed by atoms with Crippen LogP contribution in [-0.4, -0.2) is 27.0 Å². The lowest BCUT2D eigenvalue weighted by atomic mass is 10.4. The minimum atomic E-state index is -1.02. The number of hydrogen-bond donors (Lipinski definition) is 1. The maximum absolute atomic E-state index is 10.5. The van der Waals surface area contributed by atoms with Crippen molar-refractivity contribution in [3.63, 3.8) is 0 Å². The van der Waals surface area contributed by atoms with Gasteiger partial charge in [-0.25, -0.2) is 4.79 Å². The molecule has 7 heteroatoms. The fraction of sp³-hybridized carbons (Fsp3) is 0.100. The summed E-state index contributed by atoms with van der Waals surface area (Å²) >= 11 is 2.66. The third-order valence-electron chi connectivity index (χ3n) is 1.81. The maximum atomic E-state index is 10.5. The number of aliphatic carboxylic acids is 1. The average Bonchev–Trinajstić information content (AvgIpc) is 2.95. The number of thiophene rings is 1. The molecule has 2 rings (SSSR count). The average molecular weight is 268 g/mol. The molecule has 0 aliphatic rings. The molecule has 2 aromatic heterocycles. The first-order chi connectivity index (χ1) is 8.16. The number of carboxylic acid groups (broad SMARTS) is 1. The molecule has 88 valence electrons. The number of carboxylic acids is 1. The van der Waals surface area contributed by atoms with Crippen molar-refractivity contribution in [2.75, 3.05) is 5.75 Å². The highest BCUT2D eigenvalue weighted by molar-refractivity contribution is 7.99. The Hall–Kier alpha value is -1.60. The van der Waals surface area contributed by atoms with Crippen LogP contribution in [0.5, 0.6) is 0 Å². The predicted molar refractivity (Wildman–Crippen MR) is 65.1 cm³/mol. The summed E-state index contributed by atoms with van der Waals surface area (Å²) in [6.07, 6.45) is 0. The largest absolute Gasteiger partial charge is 0.478 e. The molecule has 0 atom stereocenters. The smallest absolute Gasteiger partial charge is 0.331 e. The van der Waals surface area contributed by atoms with Gasteiger partial charge in [0, 0.05) is 11.3 Å². The van der Waals surface area contributed by atoms with Gasteiger partial charge in [0.15, 0.2) is 0 Å². The van der Waals surface area contributed by atoms with Crippen molar-refractivity contribution in [2.24, 2.45) is 0 Å². The zero-order valence-electron chi connectivity index (χ0n) is 8.62. The van der Waals surface area contributed by atoms with Crippen LogP contribution in [0.25, 0.3) is 10.8 Å². The topological polar surface area (TPSA) is 76.2 Å². The monoisotopic (exact) mass is 268 g/mol. The fourth-order valence-corrected chi connectivity index (χ4v) is 2.28. The number of carbonyl (C=O) groups is 1. The van der Waals surface area contributed by atoms with Gasteiger partial charge in [-0.1, -0.05) is 24.4 Å². The van der Waals surface area contributed by atoms with Gasteiger partial charge in [0.25, 0.3) is 11.1 Å². The van der Waals surface area contributed by atoms with Crippen LogP contribution in [0.4, 0.5) is 0 Å². The molecule has 0 fully saturated rings. The molecule has 0 aliphatic carbocycles. The fourth-order valence-electron chi connectivity index (χ4n) is 0.979. The zero-order chi connectivity index (χ0) is 12.3. The molecule has 1 N–H and O–H groups in total. The summed E-state index contributed by atoms with van der Waals surface area (Å²) in [5, 5.41) is 18.6. The molecule has 0 aromatic carbocycles. The lowest BCUT2D eigenvalue weighted by Gasteiger charge is -1.95. The molecule has 0 unspecified atom stereocenters. The van der Waals surface area contributed by atoms with Crippen LogP contribution >= 0.6 is 23.1 Å². The van der Waals surface area contributed by atoms with Crippen molar-refractivity contribution < 1.29 is 14.3 Å². The minimum Gasteiger partial charge on any atom is -0.478 e. The van der Waals surface area contributed by atoms with Crippen molar-refractivity contribution in [2.45, 2.75) is 5.22 Å². The van der Waals surface area contributed by atoms with Crippen molar-refractivity contribution in [3.05, 3.63) is 29.7 Å². The summed E-state index contributed by atoms with van der Waals surface area (Å²) in [6, 6.07) is 3.77. The number of rotatable bonds is 5. The first-order valence-corrected chi connectivity index (χ1v) is 6.44. The van der Waals surface area contributed by atoms with Crippen LogP contribution in [0.2, 0.25) is 0 Å². The second-order valence-corrected chi connectivity index (χ2v) is 4.92. The second-order valence-electron chi connectivity index (χ2n) is 3.05. The van der Waals surface area contributed by atoms with Crippen molar-refractivity contribution >= 4 is 29.1 Å². The van der Waals surface area contributed by atoms with Crippen molar-refractivity contribution in [1.29, 1.82) is 0 Å². The molecule has 17 heavy (non-hydrogen) atoms. The van der Waals surface area contributed by atoms with Crippen LogP contribution in [0.1, 0.15) is 0 Å². The van der Waals surface area contributed by atoms with Gasteiger partial charge in [0.2, 0.25) is 0 Å². The number of nitrogens with zero attached hydrogens (tertiary/aromatic N) is 2. The van der Waals surface area contributed by atoms with E-state index in [1.165, 1.54) is 11.3 Å². The molecule has 2 heterocycles. The highest BCUT2D eigenvalue weighted by Crippen LogP contribution is 2.26. The third kappa shape index (κ3) is 2.95. The summed E-state index contributed by atoms with van der Waals surface area (Å²) < 4.78 is 5.38. The van der Waals surface area contributed by atoms with E-state index in [1.54, 1.807) is 0 Å². The Labute approximate surface area is 105 Å². The Morgan fingerprint density at radius 1 is 1.59 bits per heavy atom. The molecular formula is C10H8N2O3S2. The molecular weight excluding hydrogens is 260 g/mol. The Bertz CT molecular complexity index is 534. The second kappa shape index (κ2) is 5.15. The highest BCUT2D eigenvalue weighted by Gasteiger charge is 2.11. The standard InChI is InChI=1S/C10H8N2O3S2/c1-6(9(13)14)5-17-10-12-11-8(15-10)7-3-2-4-16-7/h2-4H,1,5H2,(H,13,14). The molecule has 0 radical (unpaired) electrons. The van der Waals surface area contributed by atoms with E-state index in [2.05, 4.69) is 16.8 Å². The minimum absolute atomic E-state index is 0.103. The van der Waals surface area contributed by atoms with E-state index in [0.29, 0.717) is 11.1 Å². The van der Waals surface area contributed by atoms with Crippen LogP contribution in [0, 0.1) is 0 Å². The number of hydrogen-bond acceptors (Lipinski definition) is 6. The molecule has 0 bridgehead atoms. The normalized spacial score (nSPS) is 10.4. The molecule has 5 nitrogen and oxygen atoms in total. The van der Waals surface area contributed by atoms with E-state index in [4.69, 9.17) is 9.52 Å². The molecule has 2 aromatic rings. The molecule has 0 aliphatic heterocycles. The van der Waals surface area contributed by atoms with E-state index < -0.39 is 5.97 Å². The summed E-state index contributed by atoms with van der Waals surface area (Å²) in [5.41, 5.74) is 0.103. The quantitative estimate of drug-likeness (QED) is 0.663. The Kier molecular flexibility index (Phi) is 3.60. The lowest BCUT2D eigenvalue weighted by Crippen LogP contribution is -2.00. The van der Waals surface area contributed by atoms with E-state index in [1.807, 2.05) is 17.5 Å². The van der Waals surface area contributed by atoms with Gasteiger partial charge in [0.1, 0.15) is 0 Å². The van der Waals surface area contributed by atoms with Gasteiger partial charge in [0.05, 0.1) is 4.88 Å².